The van der Waals surface area contributed by atoms with E-state index in [2.05, 4.69) is 61.6 Å². The largest absolute Gasteiger partial charge is 0.496 e. The van der Waals surface area contributed by atoms with E-state index < -0.39 is 0 Å². The molecule has 2 rings (SSSR count). The van der Waals surface area contributed by atoms with Crippen LogP contribution >= 0.6 is 43.2 Å². The smallest absolute Gasteiger partial charge is 0.134 e. The highest BCUT2D eigenvalue weighted by Crippen LogP contribution is 2.38. The summed E-state index contributed by atoms with van der Waals surface area (Å²) in [6.07, 6.45) is 1.09. The fourth-order valence-corrected chi connectivity index (χ4v) is 3.86. The van der Waals surface area contributed by atoms with Gasteiger partial charge >= 0.3 is 0 Å². The van der Waals surface area contributed by atoms with E-state index >= 15 is 0 Å². The molecule has 0 fully saturated rings. The molecule has 1 heterocycles. The van der Waals surface area contributed by atoms with E-state index in [0.717, 1.165) is 27.7 Å². The summed E-state index contributed by atoms with van der Waals surface area (Å²) in [5.74, 6) is 0.940. The van der Waals surface area contributed by atoms with Crippen molar-refractivity contribution in [2.45, 2.75) is 19.4 Å². The first-order valence-corrected chi connectivity index (χ1v) is 8.93. The molecule has 1 N–H and O–H groups in total. The minimum atomic E-state index is 0.136. The summed E-state index contributed by atoms with van der Waals surface area (Å²) in [6, 6.07) is 8.41. The second-order valence-electron chi connectivity index (χ2n) is 4.41. The lowest BCUT2D eigenvalue weighted by Gasteiger charge is -2.20. The van der Waals surface area contributed by atoms with Gasteiger partial charge in [-0.15, -0.1) is 11.3 Å². The minimum absolute atomic E-state index is 0.136. The minimum Gasteiger partial charge on any atom is -0.496 e. The third kappa shape index (κ3) is 3.64. The number of nitrogens with one attached hydrogen (secondary N) is 1. The van der Waals surface area contributed by atoms with Crippen LogP contribution in [0.15, 0.2) is 38.6 Å². The summed E-state index contributed by atoms with van der Waals surface area (Å²) in [5, 5.41) is 5.68. The lowest BCUT2D eigenvalue weighted by Crippen LogP contribution is -2.23. The monoisotopic (exact) mass is 417 g/mol. The van der Waals surface area contributed by atoms with E-state index in [9.17, 15) is 0 Å². The highest BCUT2D eigenvalue weighted by atomic mass is 79.9. The first kappa shape index (κ1) is 16.0. The van der Waals surface area contributed by atoms with E-state index in [1.54, 1.807) is 18.4 Å². The molecular weight excluding hydrogens is 402 g/mol. The normalized spacial score (nSPS) is 12.4. The number of thiophene rings is 1. The van der Waals surface area contributed by atoms with Crippen molar-refractivity contribution in [1.29, 1.82) is 0 Å². The zero-order valence-corrected chi connectivity index (χ0v) is 15.4. The highest BCUT2D eigenvalue weighted by Gasteiger charge is 2.21. The van der Waals surface area contributed by atoms with Crippen LogP contribution in [0, 0.1) is 0 Å². The van der Waals surface area contributed by atoms with Crippen molar-refractivity contribution < 1.29 is 4.74 Å². The Balaban J connectivity index is 2.44. The van der Waals surface area contributed by atoms with E-state index in [1.165, 1.54) is 10.4 Å². The summed E-state index contributed by atoms with van der Waals surface area (Å²) in [4.78, 5) is 1.21. The van der Waals surface area contributed by atoms with Gasteiger partial charge in [-0.1, -0.05) is 38.8 Å². The molecule has 108 valence electrons. The standard InChI is InChI=1S/C15H17Br2NOS/c1-3-7-18-14(15-13(19-2)6-8-20-15)11-9-10(16)4-5-12(11)17/h4-6,8-9,14,18H,3,7H2,1-2H3. The van der Waals surface area contributed by atoms with Gasteiger partial charge in [-0.25, -0.2) is 0 Å². The molecule has 2 aromatic rings. The summed E-state index contributed by atoms with van der Waals surface area (Å²) >= 11 is 8.93. The van der Waals surface area contributed by atoms with Crippen LogP contribution in [-0.2, 0) is 0 Å². The molecule has 1 atom stereocenters. The molecule has 0 bridgehead atoms. The summed E-state index contributed by atoms with van der Waals surface area (Å²) < 4.78 is 7.66. The van der Waals surface area contributed by atoms with Crippen LogP contribution in [0.5, 0.6) is 5.75 Å². The topological polar surface area (TPSA) is 21.3 Å². The summed E-state index contributed by atoms with van der Waals surface area (Å²) in [6.45, 7) is 3.14. The molecule has 0 aliphatic heterocycles. The lowest BCUT2D eigenvalue weighted by molar-refractivity contribution is 0.407. The molecule has 1 aromatic carbocycles. The third-order valence-electron chi connectivity index (χ3n) is 3.01. The molecule has 0 spiro atoms. The Morgan fingerprint density at radius 2 is 2.10 bits per heavy atom. The van der Waals surface area contributed by atoms with Crippen LogP contribution in [0.4, 0.5) is 0 Å². The molecule has 0 radical (unpaired) electrons. The van der Waals surface area contributed by atoms with Gasteiger partial charge in [0.15, 0.2) is 0 Å². The maximum atomic E-state index is 5.48. The van der Waals surface area contributed by atoms with E-state index in [4.69, 9.17) is 4.74 Å². The molecule has 1 unspecified atom stereocenters. The number of benzene rings is 1. The molecule has 0 saturated heterocycles. The van der Waals surface area contributed by atoms with E-state index in [-0.39, 0.29) is 6.04 Å². The van der Waals surface area contributed by atoms with Crippen LogP contribution in [0.1, 0.15) is 29.8 Å². The van der Waals surface area contributed by atoms with Gasteiger partial charge in [0.1, 0.15) is 5.75 Å². The molecule has 20 heavy (non-hydrogen) atoms. The number of hydrogen-bond acceptors (Lipinski definition) is 3. The number of hydrogen-bond donors (Lipinski definition) is 1. The van der Waals surface area contributed by atoms with Gasteiger partial charge in [0, 0.05) is 8.95 Å². The van der Waals surface area contributed by atoms with Crippen LogP contribution in [0.2, 0.25) is 0 Å². The average Bonchev–Trinajstić information content (AvgIpc) is 2.91. The van der Waals surface area contributed by atoms with Crippen molar-refractivity contribution in [1.82, 2.24) is 5.32 Å². The molecule has 0 saturated carbocycles. The number of rotatable bonds is 6. The summed E-state index contributed by atoms with van der Waals surface area (Å²) in [7, 11) is 1.72. The maximum absolute atomic E-state index is 5.48. The Morgan fingerprint density at radius 3 is 2.80 bits per heavy atom. The molecule has 0 aliphatic rings. The zero-order valence-electron chi connectivity index (χ0n) is 11.5. The molecule has 0 aliphatic carbocycles. The fourth-order valence-electron chi connectivity index (χ4n) is 2.06. The van der Waals surface area contributed by atoms with Crippen molar-refractivity contribution in [3.8, 4) is 5.75 Å². The zero-order chi connectivity index (χ0) is 14.5. The second-order valence-corrected chi connectivity index (χ2v) is 7.12. The first-order chi connectivity index (χ1) is 9.67. The van der Waals surface area contributed by atoms with Crippen molar-refractivity contribution in [2.75, 3.05) is 13.7 Å². The number of ether oxygens (including phenoxy) is 1. The van der Waals surface area contributed by atoms with Crippen molar-refractivity contribution in [3.05, 3.63) is 49.0 Å². The Bertz CT molecular complexity index is 571. The van der Waals surface area contributed by atoms with Gasteiger partial charge in [0.2, 0.25) is 0 Å². The number of methoxy groups -OCH3 is 1. The van der Waals surface area contributed by atoms with Crippen LogP contribution in [0.25, 0.3) is 0 Å². The Kier molecular flexibility index (Phi) is 6.08. The first-order valence-electron chi connectivity index (χ1n) is 6.47. The van der Waals surface area contributed by atoms with Crippen LogP contribution < -0.4 is 10.1 Å². The van der Waals surface area contributed by atoms with E-state index in [0.29, 0.717) is 0 Å². The quantitative estimate of drug-likeness (QED) is 0.680. The predicted molar refractivity (Wildman–Crippen MR) is 92.8 cm³/mol. The maximum Gasteiger partial charge on any atom is 0.134 e. The molecular formula is C15H17Br2NOS. The van der Waals surface area contributed by atoms with Gasteiger partial charge in [-0.05, 0) is 48.2 Å². The molecule has 2 nitrogen and oxygen atoms in total. The second kappa shape index (κ2) is 7.59. The molecule has 1 aromatic heterocycles. The van der Waals surface area contributed by atoms with Gasteiger partial charge in [0.05, 0.1) is 18.0 Å². The van der Waals surface area contributed by atoms with Crippen molar-refractivity contribution in [3.63, 3.8) is 0 Å². The van der Waals surface area contributed by atoms with Crippen molar-refractivity contribution in [2.24, 2.45) is 0 Å². The van der Waals surface area contributed by atoms with Gasteiger partial charge < -0.3 is 10.1 Å². The highest BCUT2D eigenvalue weighted by molar-refractivity contribution is 9.11. The van der Waals surface area contributed by atoms with Crippen LogP contribution in [0.3, 0.4) is 0 Å². The fraction of sp³-hybridized carbons (Fsp3) is 0.333. The average molecular weight is 419 g/mol. The van der Waals surface area contributed by atoms with Crippen molar-refractivity contribution >= 4 is 43.2 Å². The van der Waals surface area contributed by atoms with Gasteiger partial charge in [-0.3, -0.25) is 0 Å². The number of halogens is 2. The van der Waals surface area contributed by atoms with Crippen LogP contribution in [-0.4, -0.2) is 13.7 Å². The predicted octanol–water partition coefficient (Wildman–Crippen LogP) is 5.37. The lowest BCUT2D eigenvalue weighted by atomic mass is 10.0. The van der Waals surface area contributed by atoms with Gasteiger partial charge in [-0.2, -0.15) is 0 Å². The Morgan fingerprint density at radius 1 is 1.30 bits per heavy atom. The Labute approximate surface area is 140 Å². The van der Waals surface area contributed by atoms with E-state index in [1.807, 2.05) is 12.1 Å². The van der Waals surface area contributed by atoms with Gasteiger partial charge in [0.25, 0.3) is 0 Å². The Hall–Kier alpha value is -0.360. The SMILES string of the molecule is CCCNC(c1cc(Br)ccc1Br)c1sccc1OC. The molecule has 5 heteroatoms. The molecule has 0 amide bonds. The summed E-state index contributed by atoms with van der Waals surface area (Å²) in [5.41, 5.74) is 1.22. The third-order valence-corrected chi connectivity index (χ3v) is 5.19.